The lowest BCUT2D eigenvalue weighted by atomic mass is 10.0. The molecule has 3 aliphatic rings. The number of benzene rings is 4. The van der Waals surface area contributed by atoms with Gasteiger partial charge in [-0.05, 0) is 54.5 Å². The van der Waals surface area contributed by atoms with E-state index in [0.29, 0.717) is 64.4 Å². The van der Waals surface area contributed by atoms with E-state index in [1.54, 1.807) is 17.0 Å². The SMILES string of the molecule is O=C1CCC(N2C(=O)c3cccc(NCC(=O)N4CCN(CCn5c(C(=O)O)c(CCCOc6cccc7ccccc67)c6ccccc65)CC4)c3C2=O)C(=O)N1. The molecule has 5 aromatic rings. The van der Waals surface area contributed by atoms with Gasteiger partial charge in [-0.3, -0.25) is 39.1 Å². The van der Waals surface area contributed by atoms with Crippen molar-refractivity contribution in [2.24, 2.45) is 0 Å². The topological polar surface area (TPSA) is 171 Å². The minimum absolute atomic E-state index is 0.0224. The first kappa shape index (κ1) is 37.4. The van der Waals surface area contributed by atoms with Crippen molar-refractivity contribution in [2.45, 2.75) is 38.3 Å². The monoisotopic (exact) mass is 770 g/mol. The summed E-state index contributed by atoms with van der Waals surface area (Å²) in [7, 11) is 0. The van der Waals surface area contributed by atoms with Crippen molar-refractivity contribution in [1.82, 2.24) is 24.6 Å². The van der Waals surface area contributed by atoms with Crippen LogP contribution in [0.15, 0.2) is 84.9 Å². The molecule has 3 aliphatic heterocycles. The molecule has 4 heterocycles. The van der Waals surface area contributed by atoms with Crippen LogP contribution in [0.5, 0.6) is 5.75 Å². The van der Waals surface area contributed by atoms with Gasteiger partial charge < -0.3 is 24.6 Å². The Labute approximate surface area is 328 Å². The third-order valence-corrected chi connectivity index (χ3v) is 11.1. The largest absolute Gasteiger partial charge is 0.493 e. The van der Waals surface area contributed by atoms with E-state index in [1.165, 1.54) is 6.07 Å². The number of amides is 5. The molecular formula is C43H42N6O8. The number of piperidine rings is 1. The first-order valence-electron chi connectivity index (χ1n) is 19.2. The summed E-state index contributed by atoms with van der Waals surface area (Å²) in [6, 6.07) is 25.5. The van der Waals surface area contributed by atoms with E-state index in [-0.39, 0.29) is 42.1 Å². The van der Waals surface area contributed by atoms with Crippen LogP contribution >= 0.6 is 0 Å². The number of aromatic nitrogens is 1. The zero-order valence-electron chi connectivity index (χ0n) is 31.2. The fraction of sp³-hybridized carbons (Fsp3) is 0.302. The lowest BCUT2D eigenvalue weighted by Crippen LogP contribution is -2.54. The maximum absolute atomic E-state index is 13.4. The number of hydrogen-bond donors (Lipinski definition) is 3. The number of nitrogens with one attached hydrogen (secondary N) is 2. The molecule has 0 saturated carbocycles. The Hall–Kier alpha value is -6.54. The van der Waals surface area contributed by atoms with Crippen molar-refractivity contribution in [3.8, 4) is 5.75 Å². The number of rotatable bonds is 13. The first-order chi connectivity index (χ1) is 27.7. The highest BCUT2D eigenvalue weighted by molar-refractivity contribution is 6.25. The number of carboxylic acids is 1. The molecule has 5 amide bonds. The minimum atomic E-state index is -1.08. The van der Waals surface area contributed by atoms with Crippen LogP contribution in [0.4, 0.5) is 5.69 Å². The second-order valence-electron chi connectivity index (χ2n) is 14.5. The molecule has 292 valence electrons. The van der Waals surface area contributed by atoms with Gasteiger partial charge in [-0.25, -0.2) is 4.79 Å². The average molecular weight is 771 g/mol. The van der Waals surface area contributed by atoms with Gasteiger partial charge in [0.15, 0.2) is 0 Å². The van der Waals surface area contributed by atoms with Crippen LogP contribution in [0.1, 0.15) is 56.0 Å². The fourth-order valence-corrected chi connectivity index (χ4v) is 8.26. The maximum Gasteiger partial charge on any atom is 0.352 e. The number of nitrogens with zero attached hydrogens (tertiary/aromatic N) is 4. The number of ether oxygens (including phenoxy) is 1. The van der Waals surface area contributed by atoms with Crippen LogP contribution in [-0.2, 0) is 27.3 Å². The molecule has 0 radical (unpaired) electrons. The molecule has 1 unspecified atom stereocenters. The molecule has 0 spiro atoms. The summed E-state index contributed by atoms with van der Waals surface area (Å²) < 4.78 is 8.06. The zero-order chi connectivity index (χ0) is 39.6. The van der Waals surface area contributed by atoms with Crippen molar-refractivity contribution in [3.05, 3.63) is 107 Å². The number of anilines is 1. The molecule has 14 heteroatoms. The molecule has 0 bridgehead atoms. The van der Waals surface area contributed by atoms with Crippen molar-refractivity contribution in [2.75, 3.05) is 51.2 Å². The summed E-state index contributed by atoms with van der Waals surface area (Å²) in [5, 5.41) is 18.7. The van der Waals surface area contributed by atoms with Gasteiger partial charge in [-0.2, -0.15) is 0 Å². The van der Waals surface area contributed by atoms with Gasteiger partial charge in [0.2, 0.25) is 17.7 Å². The Balaban J connectivity index is 0.863. The van der Waals surface area contributed by atoms with Gasteiger partial charge in [0, 0.05) is 67.7 Å². The molecule has 1 aromatic heterocycles. The van der Waals surface area contributed by atoms with Gasteiger partial charge in [-0.15, -0.1) is 0 Å². The number of fused-ring (bicyclic) bond motifs is 3. The van der Waals surface area contributed by atoms with E-state index in [9.17, 15) is 33.9 Å². The zero-order valence-corrected chi connectivity index (χ0v) is 31.2. The molecule has 57 heavy (non-hydrogen) atoms. The van der Waals surface area contributed by atoms with Gasteiger partial charge >= 0.3 is 5.97 Å². The summed E-state index contributed by atoms with van der Waals surface area (Å²) in [5.41, 5.74) is 2.50. The van der Waals surface area contributed by atoms with E-state index in [4.69, 9.17) is 4.74 Å². The Kier molecular flexibility index (Phi) is 10.4. The molecule has 3 N–H and O–H groups in total. The normalized spacial score (nSPS) is 17.3. The molecule has 0 aliphatic carbocycles. The van der Waals surface area contributed by atoms with Crippen LogP contribution in [-0.4, -0.2) is 112 Å². The summed E-state index contributed by atoms with van der Waals surface area (Å²) >= 11 is 0. The molecular weight excluding hydrogens is 729 g/mol. The summed E-state index contributed by atoms with van der Waals surface area (Å²) in [5.74, 6) is -2.74. The van der Waals surface area contributed by atoms with E-state index < -0.39 is 35.6 Å². The lowest BCUT2D eigenvalue weighted by molar-refractivity contribution is -0.136. The Morgan fingerprint density at radius 2 is 1.56 bits per heavy atom. The Morgan fingerprint density at radius 1 is 0.825 bits per heavy atom. The van der Waals surface area contributed by atoms with Crippen LogP contribution in [0.2, 0.25) is 0 Å². The summed E-state index contributed by atoms with van der Waals surface area (Å²) in [4.78, 5) is 81.7. The second-order valence-corrected chi connectivity index (χ2v) is 14.5. The van der Waals surface area contributed by atoms with Crippen molar-refractivity contribution in [3.63, 3.8) is 0 Å². The first-order valence-corrected chi connectivity index (χ1v) is 19.2. The highest BCUT2D eigenvalue weighted by Crippen LogP contribution is 2.33. The number of para-hydroxylation sites is 1. The highest BCUT2D eigenvalue weighted by Gasteiger charge is 2.45. The van der Waals surface area contributed by atoms with Crippen LogP contribution in [0.3, 0.4) is 0 Å². The number of carbonyl (C=O) groups is 6. The molecule has 4 aromatic carbocycles. The third-order valence-electron chi connectivity index (χ3n) is 11.1. The number of imide groups is 2. The second kappa shape index (κ2) is 15.9. The van der Waals surface area contributed by atoms with E-state index in [1.807, 2.05) is 71.3 Å². The van der Waals surface area contributed by atoms with Crippen molar-refractivity contribution < 1.29 is 38.6 Å². The van der Waals surface area contributed by atoms with E-state index in [2.05, 4.69) is 15.5 Å². The van der Waals surface area contributed by atoms with Gasteiger partial charge in [0.25, 0.3) is 11.8 Å². The maximum atomic E-state index is 13.4. The molecule has 2 saturated heterocycles. The van der Waals surface area contributed by atoms with Gasteiger partial charge in [0.1, 0.15) is 17.5 Å². The molecule has 2 fully saturated rings. The van der Waals surface area contributed by atoms with Gasteiger partial charge in [-0.1, -0.05) is 60.7 Å². The number of aromatic carboxylic acids is 1. The molecule has 1 atom stereocenters. The van der Waals surface area contributed by atoms with E-state index in [0.717, 1.165) is 37.9 Å². The number of carboxylic acid groups (broad SMARTS) is 1. The van der Waals surface area contributed by atoms with Gasteiger partial charge in [0.05, 0.1) is 24.3 Å². The minimum Gasteiger partial charge on any atom is -0.493 e. The highest BCUT2D eigenvalue weighted by atomic mass is 16.5. The van der Waals surface area contributed by atoms with E-state index >= 15 is 0 Å². The van der Waals surface area contributed by atoms with Crippen molar-refractivity contribution >= 4 is 62.9 Å². The molecule has 14 nitrogen and oxygen atoms in total. The lowest BCUT2D eigenvalue weighted by Gasteiger charge is -2.35. The predicted octanol–water partition coefficient (Wildman–Crippen LogP) is 4.16. The Bertz CT molecular complexity index is 2430. The number of aryl methyl sites for hydroxylation is 1. The summed E-state index contributed by atoms with van der Waals surface area (Å²) in [6.07, 6.45) is 1.26. The van der Waals surface area contributed by atoms with Crippen LogP contribution in [0.25, 0.3) is 21.7 Å². The number of carbonyl (C=O) groups excluding carboxylic acids is 5. The van der Waals surface area contributed by atoms with Crippen LogP contribution in [0, 0.1) is 0 Å². The predicted molar refractivity (Wildman–Crippen MR) is 211 cm³/mol. The molecule has 8 rings (SSSR count). The quantitative estimate of drug-likeness (QED) is 0.117. The standard InChI is InChI=1S/C43H42N6O8/c50-36-18-17-34(40(52)45-36)49-41(53)31-12-6-14-32(38(31)42(49)54)44-26-37(51)47-22-19-46(20-23-47)21-24-48-33-15-4-3-11-29(33)30(39(48)43(55)56)13-7-25-57-35-16-5-9-27-8-1-2-10-28(27)35/h1-6,8-12,14-16,34,44H,7,13,17-26H2,(H,55,56)(H,45,50,52). The average Bonchev–Trinajstić information content (AvgIpc) is 3.68. The van der Waals surface area contributed by atoms with Crippen molar-refractivity contribution in [1.29, 1.82) is 0 Å². The number of hydrogen-bond acceptors (Lipinski definition) is 9. The third kappa shape index (κ3) is 7.31. The van der Waals surface area contributed by atoms with Crippen LogP contribution < -0.4 is 15.4 Å². The summed E-state index contributed by atoms with van der Waals surface area (Å²) in [6.45, 7) is 3.52. The number of piperazine rings is 1. The Morgan fingerprint density at radius 3 is 2.35 bits per heavy atom. The smallest absolute Gasteiger partial charge is 0.352 e. The fourth-order valence-electron chi connectivity index (χ4n) is 8.26.